The Morgan fingerprint density at radius 3 is 2.32 bits per heavy atom. The first-order valence-electron chi connectivity index (χ1n) is 12.0. The Hall–Kier alpha value is -4.16. The van der Waals surface area contributed by atoms with Gasteiger partial charge in [0, 0.05) is 10.5 Å². The largest absolute Gasteiger partial charge is 0.346 e. The highest BCUT2D eigenvalue weighted by atomic mass is 32.2. The first kappa shape index (κ1) is 24.5. The van der Waals surface area contributed by atoms with E-state index < -0.39 is 0 Å². The van der Waals surface area contributed by atoms with Crippen LogP contribution in [0.3, 0.4) is 0 Å². The number of carbonyl (C=O) groups excluding carboxylic acids is 2. The van der Waals surface area contributed by atoms with Gasteiger partial charge >= 0.3 is 0 Å². The number of benzene rings is 4. The van der Waals surface area contributed by atoms with E-state index in [0.717, 1.165) is 21.6 Å². The van der Waals surface area contributed by atoms with E-state index in [4.69, 9.17) is 0 Å². The first-order chi connectivity index (χ1) is 18.0. The van der Waals surface area contributed by atoms with Gasteiger partial charge in [0.2, 0.25) is 0 Å². The lowest BCUT2D eigenvalue weighted by molar-refractivity contribution is -0.114. The van der Waals surface area contributed by atoms with Crippen molar-refractivity contribution in [2.75, 3.05) is 4.90 Å². The zero-order valence-corrected chi connectivity index (χ0v) is 21.0. The van der Waals surface area contributed by atoms with Gasteiger partial charge in [0.25, 0.3) is 11.8 Å². The smallest absolute Gasteiger partial charge is 0.265 e. The van der Waals surface area contributed by atoms with Gasteiger partial charge in [-0.1, -0.05) is 84.6 Å². The number of anilines is 1. The molecule has 0 fully saturated rings. The van der Waals surface area contributed by atoms with Crippen LogP contribution in [0.1, 0.15) is 40.0 Å². The molecular weight excluding hydrogens is 483 g/mol. The number of hydrogen-bond acceptors (Lipinski definition) is 3. The number of nitrogens with zero attached hydrogens (tertiary/aromatic N) is 1. The maximum absolute atomic E-state index is 13.7. The number of nitrogens with one attached hydrogen (secondary N) is 1. The van der Waals surface area contributed by atoms with Crippen molar-refractivity contribution in [3.8, 4) is 0 Å². The third kappa shape index (κ3) is 5.65. The lowest BCUT2D eigenvalue weighted by Crippen LogP contribution is -2.34. The van der Waals surface area contributed by atoms with E-state index in [1.807, 2.05) is 79.7 Å². The van der Waals surface area contributed by atoms with Crippen LogP contribution in [0.5, 0.6) is 0 Å². The van der Waals surface area contributed by atoms with Gasteiger partial charge in [-0.15, -0.1) is 0 Å². The van der Waals surface area contributed by atoms with Gasteiger partial charge in [0.15, 0.2) is 0 Å². The molecule has 1 aliphatic rings. The number of thioether (sulfide) groups is 1. The molecule has 1 atom stereocenters. The second kappa shape index (κ2) is 10.8. The van der Waals surface area contributed by atoms with E-state index in [-0.39, 0.29) is 30.2 Å². The molecule has 2 amide bonds. The molecule has 37 heavy (non-hydrogen) atoms. The topological polar surface area (TPSA) is 49.4 Å². The summed E-state index contributed by atoms with van der Waals surface area (Å²) in [4.78, 5) is 29.9. The second-order valence-electron chi connectivity index (χ2n) is 8.83. The maximum Gasteiger partial charge on any atom is 0.265 e. The van der Waals surface area contributed by atoms with Crippen molar-refractivity contribution in [1.82, 2.24) is 5.32 Å². The number of amides is 2. The van der Waals surface area contributed by atoms with Crippen LogP contribution in [-0.4, -0.2) is 11.8 Å². The van der Waals surface area contributed by atoms with Gasteiger partial charge in [0.05, 0.1) is 23.2 Å². The molecule has 0 spiro atoms. The highest BCUT2D eigenvalue weighted by Crippen LogP contribution is 2.43. The van der Waals surface area contributed by atoms with Gasteiger partial charge in [-0.25, -0.2) is 4.39 Å². The number of hydrogen-bond donors (Lipinski definition) is 1. The van der Waals surface area contributed by atoms with Crippen molar-refractivity contribution in [3.63, 3.8) is 0 Å². The Balaban J connectivity index is 1.48. The van der Waals surface area contributed by atoms with Gasteiger partial charge in [0.1, 0.15) is 5.82 Å². The third-order valence-corrected chi connectivity index (χ3v) is 7.26. The van der Waals surface area contributed by atoms with Gasteiger partial charge < -0.3 is 10.2 Å². The fourth-order valence-corrected chi connectivity index (χ4v) is 5.23. The van der Waals surface area contributed by atoms with Crippen LogP contribution in [0, 0.1) is 5.82 Å². The van der Waals surface area contributed by atoms with E-state index in [0.29, 0.717) is 16.2 Å². The van der Waals surface area contributed by atoms with Gasteiger partial charge in [-0.2, -0.15) is 0 Å². The minimum absolute atomic E-state index is 0.166. The fourth-order valence-electron chi connectivity index (χ4n) is 4.19. The van der Waals surface area contributed by atoms with E-state index in [1.165, 1.54) is 23.9 Å². The standard InChI is InChI=1S/C31H25FN2O2S/c1-21(24-10-6-3-7-11-24)33-30(35)25-14-17-28-27(19-25)34(20-23-12-15-26(32)16-13-23)31(36)29(37-28)18-22-8-4-2-5-9-22/h2-19,21H,20H2,1H3,(H,33,35)/b29-18-/t21-/m0/s1. The number of rotatable bonds is 6. The average Bonchev–Trinajstić information content (AvgIpc) is 2.93. The third-order valence-electron chi connectivity index (χ3n) is 6.19. The van der Waals surface area contributed by atoms with Crippen molar-refractivity contribution >= 4 is 35.3 Å². The van der Waals surface area contributed by atoms with Crippen LogP contribution in [0.25, 0.3) is 6.08 Å². The molecule has 6 heteroatoms. The summed E-state index contributed by atoms with van der Waals surface area (Å²) in [7, 11) is 0. The Morgan fingerprint density at radius 1 is 0.946 bits per heavy atom. The molecule has 184 valence electrons. The Morgan fingerprint density at radius 2 is 1.62 bits per heavy atom. The van der Waals surface area contributed by atoms with E-state index in [1.54, 1.807) is 29.2 Å². The highest BCUT2D eigenvalue weighted by molar-refractivity contribution is 8.04. The summed E-state index contributed by atoms with van der Waals surface area (Å²) in [6.45, 7) is 2.19. The summed E-state index contributed by atoms with van der Waals surface area (Å²) in [5, 5.41) is 3.04. The van der Waals surface area contributed by atoms with Crippen LogP contribution < -0.4 is 10.2 Å². The maximum atomic E-state index is 13.7. The Kier molecular flexibility index (Phi) is 7.19. The lowest BCUT2D eigenvalue weighted by atomic mass is 10.1. The predicted octanol–water partition coefficient (Wildman–Crippen LogP) is 7.00. The SMILES string of the molecule is C[C@H](NC(=O)c1ccc2c(c1)N(Cc1ccc(F)cc1)C(=O)/C(=C/c1ccccc1)S2)c1ccccc1. The molecule has 4 aromatic carbocycles. The first-order valence-corrected chi connectivity index (χ1v) is 12.8. The number of fused-ring (bicyclic) bond motifs is 1. The minimum Gasteiger partial charge on any atom is -0.346 e. The number of halogens is 1. The normalized spacial score (nSPS) is 14.8. The van der Waals surface area contributed by atoms with Crippen molar-refractivity contribution < 1.29 is 14.0 Å². The lowest BCUT2D eigenvalue weighted by Gasteiger charge is -2.31. The monoisotopic (exact) mass is 508 g/mol. The van der Waals surface area contributed by atoms with Crippen LogP contribution in [0.15, 0.2) is 113 Å². The summed E-state index contributed by atoms with van der Waals surface area (Å²) in [6, 6.07) is 30.8. The summed E-state index contributed by atoms with van der Waals surface area (Å²) >= 11 is 1.39. The van der Waals surface area contributed by atoms with Gasteiger partial charge in [-0.3, -0.25) is 9.59 Å². The molecule has 0 aromatic heterocycles. The molecular formula is C31H25FN2O2S. The van der Waals surface area contributed by atoms with Crippen LogP contribution in [0.2, 0.25) is 0 Å². The zero-order chi connectivity index (χ0) is 25.8. The van der Waals surface area contributed by atoms with E-state index in [9.17, 15) is 14.0 Å². The second-order valence-corrected chi connectivity index (χ2v) is 9.91. The summed E-state index contributed by atoms with van der Waals surface area (Å²) in [5.74, 6) is -0.717. The summed E-state index contributed by atoms with van der Waals surface area (Å²) in [5.41, 5.74) is 3.85. The van der Waals surface area contributed by atoms with Crippen molar-refractivity contribution in [2.45, 2.75) is 24.4 Å². The summed E-state index contributed by atoms with van der Waals surface area (Å²) in [6.07, 6.45) is 1.87. The molecule has 0 bridgehead atoms. The number of carbonyl (C=O) groups is 2. The molecule has 1 heterocycles. The molecule has 1 N–H and O–H groups in total. The predicted molar refractivity (Wildman–Crippen MR) is 147 cm³/mol. The van der Waals surface area contributed by atoms with E-state index >= 15 is 0 Å². The van der Waals surface area contributed by atoms with Crippen LogP contribution in [-0.2, 0) is 11.3 Å². The zero-order valence-electron chi connectivity index (χ0n) is 20.2. The summed E-state index contributed by atoms with van der Waals surface area (Å²) < 4.78 is 13.5. The molecule has 0 unspecified atom stereocenters. The molecule has 0 radical (unpaired) electrons. The fraction of sp³-hybridized carbons (Fsp3) is 0.0968. The van der Waals surface area contributed by atoms with Crippen LogP contribution >= 0.6 is 11.8 Å². The van der Waals surface area contributed by atoms with E-state index in [2.05, 4.69) is 5.32 Å². The molecule has 0 aliphatic carbocycles. The van der Waals surface area contributed by atoms with Crippen molar-refractivity contribution in [3.05, 3.63) is 136 Å². The highest BCUT2D eigenvalue weighted by Gasteiger charge is 2.30. The molecule has 5 rings (SSSR count). The molecule has 4 aromatic rings. The van der Waals surface area contributed by atoms with Crippen LogP contribution in [0.4, 0.5) is 10.1 Å². The van der Waals surface area contributed by atoms with Crippen molar-refractivity contribution in [1.29, 1.82) is 0 Å². The average molecular weight is 509 g/mol. The quantitative estimate of drug-likeness (QED) is 0.285. The molecule has 0 saturated heterocycles. The molecule has 0 saturated carbocycles. The minimum atomic E-state index is -0.333. The molecule has 1 aliphatic heterocycles. The molecule has 4 nitrogen and oxygen atoms in total. The van der Waals surface area contributed by atoms with Gasteiger partial charge in [-0.05, 0) is 60.0 Å². The Labute approximate surface area is 219 Å². The van der Waals surface area contributed by atoms with Crippen molar-refractivity contribution in [2.24, 2.45) is 0 Å². The Bertz CT molecular complexity index is 1450.